The van der Waals surface area contributed by atoms with Crippen molar-refractivity contribution in [2.24, 2.45) is 0 Å². The molecule has 4 rings (SSSR count). The molecule has 1 atom stereocenters. The zero-order valence-electron chi connectivity index (χ0n) is 14.3. The van der Waals surface area contributed by atoms with E-state index in [0.717, 1.165) is 23.3 Å². The van der Waals surface area contributed by atoms with Gasteiger partial charge in [-0.05, 0) is 48.9 Å². The van der Waals surface area contributed by atoms with E-state index in [1.807, 2.05) is 24.4 Å². The molecule has 3 aromatic rings. The molecule has 0 saturated carbocycles. The van der Waals surface area contributed by atoms with E-state index in [-0.39, 0.29) is 11.8 Å². The molecule has 134 valence electrons. The molecule has 1 aliphatic rings. The number of rotatable bonds is 3. The molecule has 1 saturated heterocycles. The van der Waals surface area contributed by atoms with E-state index < -0.39 is 5.82 Å². The molecular weight excluding hydrogens is 353 g/mol. The van der Waals surface area contributed by atoms with Gasteiger partial charge in [0, 0.05) is 18.7 Å². The second kappa shape index (κ2) is 6.99. The highest BCUT2D eigenvalue weighted by molar-refractivity contribution is 7.13. The van der Waals surface area contributed by atoms with Crippen molar-refractivity contribution in [1.29, 1.82) is 0 Å². The Bertz CT molecular complexity index is 923. The molecule has 0 radical (unpaired) electrons. The van der Waals surface area contributed by atoms with Crippen LogP contribution in [0.5, 0.6) is 0 Å². The third kappa shape index (κ3) is 3.26. The van der Waals surface area contributed by atoms with E-state index in [1.165, 1.54) is 12.1 Å². The van der Waals surface area contributed by atoms with Crippen LogP contribution in [-0.4, -0.2) is 34.0 Å². The number of carbonyl (C=O) groups excluding carboxylic acids is 1. The summed E-state index contributed by atoms with van der Waals surface area (Å²) in [4.78, 5) is 20.1. The molecule has 2 aromatic heterocycles. The molecule has 3 heterocycles. The summed E-state index contributed by atoms with van der Waals surface area (Å²) in [6, 6.07) is 8.20. The highest BCUT2D eigenvalue weighted by Crippen LogP contribution is 2.29. The molecule has 0 bridgehead atoms. The summed E-state index contributed by atoms with van der Waals surface area (Å²) in [7, 11) is 0. The van der Waals surface area contributed by atoms with E-state index in [2.05, 4.69) is 10.1 Å². The number of hydrogen-bond acceptors (Lipinski definition) is 5. The average Bonchev–Trinajstić information content (AvgIpc) is 3.34. The lowest BCUT2D eigenvalue weighted by molar-refractivity contribution is 0.0694. The minimum absolute atomic E-state index is 0.00257. The highest BCUT2D eigenvalue weighted by Gasteiger charge is 2.30. The molecule has 1 fully saturated rings. The maximum absolute atomic E-state index is 13.6. The van der Waals surface area contributed by atoms with Gasteiger partial charge < -0.3 is 9.42 Å². The molecule has 1 aliphatic heterocycles. The standard InChI is InChI=1S/C19H18FN3O2S/c1-12-6-7-14(20)10-15(12)19(24)23-8-2-4-13(11-23)18-21-17(22-25-18)16-5-3-9-26-16/h3,5-7,9-10,13H,2,4,8,11H2,1H3. The number of aromatic nitrogens is 2. The van der Waals surface area contributed by atoms with Crippen LogP contribution in [0.4, 0.5) is 4.39 Å². The van der Waals surface area contributed by atoms with E-state index >= 15 is 0 Å². The fourth-order valence-corrected chi connectivity index (χ4v) is 3.91. The number of carbonyl (C=O) groups is 1. The number of nitrogens with zero attached hydrogens (tertiary/aromatic N) is 3. The van der Waals surface area contributed by atoms with Crippen molar-refractivity contribution >= 4 is 17.2 Å². The van der Waals surface area contributed by atoms with Crippen LogP contribution in [0.2, 0.25) is 0 Å². The number of amides is 1. The Morgan fingerprint density at radius 3 is 3.08 bits per heavy atom. The fourth-order valence-electron chi connectivity index (χ4n) is 3.27. The van der Waals surface area contributed by atoms with Crippen LogP contribution in [0.25, 0.3) is 10.7 Å². The molecule has 26 heavy (non-hydrogen) atoms. The molecule has 0 N–H and O–H groups in total. The lowest BCUT2D eigenvalue weighted by Gasteiger charge is -2.31. The Labute approximate surface area is 154 Å². The number of piperidine rings is 1. The number of hydrogen-bond donors (Lipinski definition) is 0. The van der Waals surface area contributed by atoms with Crippen molar-refractivity contribution in [2.75, 3.05) is 13.1 Å². The van der Waals surface area contributed by atoms with Gasteiger partial charge in [0.1, 0.15) is 5.82 Å². The quantitative estimate of drug-likeness (QED) is 0.690. The normalized spacial score (nSPS) is 17.5. The molecular formula is C19H18FN3O2S. The summed E-state index contributed by atoms with van der Waals surface area (Å²) in [5.74, 6) is 0.596. The average molecular weight is 371 g/mol. The van der Waals surface area contributed by atoms with Gasteiger partial charge in [0.05, 0.1) is 10.8 Å². The zero-order valence-corrected chi connectivity index (χ0v) is 15.1. The molecule has 5 nitrogen and oxygen atoms in total. The highest BCUT2D eigenvalue weighted by atomic mass is 32.1. The van der Waals surface area contributed by atoms with Gasteiger partial charge in [0.15, 0.2) is 0 Å². The van der Waals surface area contributed by atoms with Crippen molar-refractivity contribution in [1.82, 2.24) is 15.0 Å². The van der Waals surface area contributed by atoms with E-state index in [1.54, 1.807) is 22.3 Å². The van der Waals surface area contributed by atoms with Crippen molar-refractivity contribution in [3.8, 4) is 10.7 Å². The minimum atomic E-state index is -0.398. The largest absolute Gasteiger partial charge is 0.339 e. The summed E-state index contributed by atoms with van der Waals surface area (Å²) in [5.41, 5.74) is 1.19. The predicted octanol–water partition coefficient (Wildman–Crippen LogP) is 4.27. The number of thiophene rings is 1. The Morgan fingerprint density at radius 1 is 1.38 bits per heavy atom. The first-order chi connectivity index (χ1) is 12.6. The SMILES string of the molecule is Cc1ccc(F)cc1C(=O)N1CCCC(c2nc(-c3cccs3)no2)C1. The topological polar surface area (TPSA) is 59.2 Å². The maximum Gasteiger partial charge on any atom is 0.254 e. The maximum atomic E-state index is 13.6. The molecule has 7 heteroatoms. The van der Waals surface area contributed by atoms with Gasteiger partial charge >= 0.3 is 0 Å². The van der Waals surface area contributed by atoms with Gasteiger partial charge in [0.2, 0.25) is 11.7 Å². The third-order valence-electron chi connectivity index (χ3n) is 4.67. The van der Waals surface area contributed by atoms with Crippen molar-refractivity contribution in [3.63, 3.8) is 0 Å². The first-order valence-electron chi connectivity index (χ1n) is 8.55. The van der Waals surface area contributed by atoms with Crippen molar-refractivity contribution in [3.05, 3.63) is 58.5 Å². The lowest BCUT2D eigenvalue weighted by atomic mass is 9.96. The van der Waals surface area contributed by atoms with Gasteiger partial charge in [-0.2, -0.15) is 4.98 Å². The van der Waals surface area contributed by atoms with Crippen LogP contribution in [0.15, 0.2) is 40.2 Å². The number of likely N-dealkylation sites (tertiary alicyclic amines) is 1. The predicted molar refractivity (Wildman–Crippen MR) is 96.6 cm³/mol. The molecule has 1 unspecified atom stereocenters. The smallest absolute Gasteiger partial charge is 0.254 e. The monoisotopic (exact) mass is 371 g/mol. The van der Waals surface area contributed by atoms with E-state index in [0.29, 0.717) is 30.4 Å². The summed E-state index contributed by atoms with van der Waals surface area (Å²) >= 11 is 1.56. The van der Waals surface area contributed by atoms with E-state index in [9.17, 15) is 9.18 Å². The Balaban J connectivity index is 1.52. The van der Waals surface area contributed by atoms with Crippen LogP contribution in [-0.2, 0) is 0 Å². The van der Waals surface area contributed by atoms with Gasteiger partial charge in [-0.25, -0.2) is 4.39 Å². The second-order valence-corrected chi connectivity index (χ2v) is 7.43. The number of halogens is 1. The van der Waals surface area contributed by atoms with Gasteiger partial charge in [-0.3, -0.25) is 4.79 Å². The first-order valence-corrected chi connectivity index (χ1v) is 9.42. The van der Waals surface area contributed by atoms with Crippen molar-refractivity contribution in [2.45, 2.75) is 25.7 Å². The Hall–Kier alpha value is -2.54. The number of aryl methyl sites for hydroxylation is 1. The summed E-state index contributed by atoms with van der Waals surface area (Å²) < 4.78 is 19.0. The fraction of sp³-hybridized carbons (Fsp3) is 0.316. The minimum Gasteiger partial charge on any atom is -0.339 e. The van der Waals surface area contributed by atoms with E-state index in [4.69, 9.17) is 4.52 Å². The van der Waals surface area contributed by atoms with Crippen LogP contribution in [0, 0.1) is 12.7 Å². The first kappa shape index (κ1) is 16.9. The van der Waals surface area contributed by atoms with Crippen LogP contribution in [0.1, 0.15) is 40.6 Å². The molecule has 0 spiro atoms. The summed E-state index contributed by atoms with van der Waals surface area (Å²) in [5, 5.41) is 6.02. The van der Waals surface area contributed by atoms with Gasteiger partial charge in [-0.15, -0.1) is 11.3 Å². The molecule has 1 aromatic carbocycles. The summed E-state index contributed by atoms with van der Waals surface area (Å²) in [6.07, 6.45) is 1.74. The molecule has 1 amide bonds. The van der Waals surface area contributed by atoms with Crippen molar-refractivity contribution < 1.29 is 13.7 Å². The molecule has 0 aliphatic carbocycles. The Morgan fingerprint density at radius 2 is 2.27 bits per heavy atom. The van der Waals surface area contributed by atoms with Gasteiger partial charge in [0.25, 0.3) is 5.91 Å². The van der Waals surface area contributed by atoms with Crippen LogP contribution >= 0.6 is 11.3 Å². The Kier molecular flexibility index (Phi) is 4.55. The number of benzene rings is 1. The second-order valence-electron chi connectivity index (χ2n) is 6.48. The van der Waals surface area contributed by atoms with Crippen LogP contribution in [0.3, 0.4) is 0 Å². The zero-order chi connectivity index (χ0) is 18.1. The van der Waals surface area contributed by atoms with Crippen LogP contribution < -0.4 is 0 Å². The third-order valence-corrected chi connectivity index (χ3v) is 5.54. The summed E-state index contributed by atoms with van der Waals surface area (Å²) in [6.45, 7) is 2.97. The van der Waals surface area contributed by atoms with Gasteiger partial charge in [-0.1, -0.05) is 17.3 Å². The lowest BCUT2D eigenvalue weighted by Crippen LogP contribution is -2.39.